The molecule has 0 bridgehead atoms. The van der Waals surface area contributed by atoms with E-state index in [0.29, 0.717) is 12.4 Å². The van der Waals surface area contributed by atoms with Gasteiger partial charge in [0, 0.05) is 43.9 Å². The van der Waals surface area contributed by atoms with E-state index in [1.807, 2.05) is 60.7 Å². The summed E-state index contributed by atoms with van der Waals surface area (Å²) in [6.45, 7) is 4.71. The zero-order valence-electron chi connectivity index (χ0n) is 26.7. The molecule has 3 heterocycles. The highest BCUT2D eigenvalue weighted by Gasteiger charge is 2.51. The number of aromatic hydroxyl groups is 1. The number of nitrogens with one attached hydrogen (secondary N) is 1. The first-order valence-electron chi connectivity index (χ1n) is 15.8. The van der Waals surface area contributed by atoms with Gasteiger partial charge in [0.25, 0.3) is 0 Å². The number of rotatable bonds is 10. The molecule has 0 aliphatic carbocycles. The van der Waals surface area contributed by atoms with Gasteiger partial charge in [-0.15, -0.1) is 6.58 Å². The number of methoxy groups -OCH3 is 1. The summed E-state index contributed by atoms with van der Waals surface area (Å²) in [7, 11) is 1.57. The van der Waals surface area contributed by atoms with E-state index in [1.165, 1.54) is 0 Å². The molecular formula is C37H38N6O5. The molecule has 11 heteroatoms. The van der Waals surface area contributed by atoms with E-state index < -0.39 is 12.2 Å². The van der Waals surface area contributed by atoms with Crippen LogP contribution in [-0.2, 0) is 29.1 Å². The van der Waals surface area contributed by atoms with Crippen molar-refractivity contribution in [2.24, 2.45) is 0 Å². The van der Waals surface area contributed by atoms with E-state index in [2.05, 4.69) is 16.9 Å². The molecule has 2 aliphatic rings. The minimum absolute atomic E-state index is 0.0847. The van der Waals surface area contributed by atoms with Crippen LogP contribution in [0.25, 0.3) is 11.1 Å². The maximum Gasteiger partial charge on any atom is 0.334 e. The van der Waals surface area contributed by atoms with Gasteiger partial charge in [0.1, 0.15) is 18.0 Å². The summed E-state index contributed by atoms with van der Waals surface area (Å²) < 4.78 is 5.20. The van der Waals surface area contributed by atoms with Gasteiger partial charge in [-0.3, -0.25) is 9.59 Å². The van der Waals surface area contributed by atoms with E-state index in [4.69, 9.17) is 4.74 Å². The normalized spacial score (nSPS) is 18.0. The maximum absolute atomic E-state index is 14.3. The standard InChI is InChI=1S/C37H38N6O5/c1-3-18-41-25-35(45)42-32(20-26-12-15-31(44)16-13-26)36(46)40(24-34(42)43(41)37(47)39-21-27-8-5-4-6-9-27)23-28-10-7-11-29(19-28)30-14-17-33(48-2)38-22-30/h3-17,19,22,32,34,44H,1,18,20-21,23-25H2,2H3,(H,39,47). The first-order chi connectivity index (χ1) is 23.3. The minimum atomic E-state index is -0.870. The largest absolute Gasteiger partial charge is 0.508 e. The van der Waals surface area contributed by atoms with Crippen LogP contribution in [0.2, 0.25) is 0 Å². The van der Waals surface area contributed by atoms with Crippen molar-refractivity contribution < 1.29 is 24.2 Å². The number of aromatic nitrogens is 1. The Morgan fingerprint density at radius 2 is 1.75 bits per heavy atom. The Labute approximate surface area is 279 Å². The molecule has 2 saturated heterocycles. The minimum Gasteiger partial charge on any atom is -0.508 e. The topological polar surface area (TPSA) is 119 Å². The number of phenols is 1. The average molecular weight is 647 g/mol. The van der Waals surface area contributed by atoms with Gasteiger partial charge in [-0.2, -0.15) is 0 Å². The number of hydrogen-bond acceptors (Lipinski definition) is 7. The molecule has 2 atom stereocenters. The average Bonchev–Trinajstić information content (AvgIpc) is 3.10. The van der Waals surface area contributed by atoms with Crippen molar-refractivity contribution >= 4 is 17.8 Å². The summed E-state index contributed by atoms with van der Waals surface area (Å²) in [5.74, 6) is 0.157. The fraction of sp³-hybridized carbons (Fsp3) is 0.243. The monoisotopic (exact) mass is 646 g/mol. The number of piperazine rings is 1. The number of urea groups is 1. The number of phenolic OH excluding ortho intramolecular Hbond substituents is 1. The molecule has 3 aromatic carbocycles. The summed E-state index contributed by atoms with van der Waals surface area (Å²) >= 11 is 0. The van der Waals surface area contributed by atoms with Crippen molar-refractivity contribution in [2.45, 2.75) is 31.7 Å². The summed E-state index contributed by atoms with van der Waals surface area (Å²) in [6.07, 6.45) is 2.84. The van der Waals surface area contributed by atoms with E-state index in [-0.39, 0.29) is 56.2 Å². The number of benzene rings is 3. The zero-order valence-corrected chi connectivity index (χ0v) is 26.7. The Morgan fingerprint density at radius 3 is 2.46 bits per heavy atom. The third-order valence-electron chi connectivity index (χ3n) is 8.61. The van der Waals surface area contributed by atoms with Crippen LogP contribution in [-0.4, -0.2) is 86.7 Å². The maximum atomic E-state index is 14.3. The predicted octanol–water partition coefficient (Wildman–Crippen LogP) is 4.20. The Hall–Kier alpha value is -5.68. The summed E-state index contributed by atoms with van der Waals surface area (Å²) in [4.78, 5) is 49.7. The molecule has 0 saturated carbocycles. The number of pyridine rings is 1. The first-order valence-corrected chi connectivity index (χ1v) is 15.8. The van der Waals surface area contributed by atoms with Gasteiger partial charge in [0.15, 0.2) is 0 Å². The van der Waals surface area contributed by atoms with Crippen LogP contribution in [0.4, 0.5) is 4.79 Å². The number of carbonyl (C=O) groups excluding carboxylic acids is 3. The lowest BCUT2D eigenvalue weighted by molar-refractivity contribution is -0.189. The SMILES string of the molecule is C=CCN1CC(=O)N2C(Cc3ccc(O)cc3)C(=O)N(Cc3cccc(-c4ccc(OC)nc4)c3)CC2N1C(=O)NCc1ccccc1. The van der Waals surface area contributed by atoms with Gasteiger partial charge < -0.3 is 25.0 Å². The highest BCUT2D eigenvalue weighted by atomic mass is 16.5. The molecule has 6 rings (SSSR count). The van der Waals surface area contributed by atoms with E-state index in [9.17, 15) is 19.5 Å². The second-order valence-electron chi connectivity index (χ2n) is 11.8. The molecule has 2 aliphatic heterocycles. The lowest BCUT2D eigenvalue weighted by Crippen LogP contribution is -2.76. The summed E-state index contributed by atoms with van der Waals surface area (Å²) in [6, 6.07) is 26.5. The smallest absolute Gasteiger partial charge is 0.334 e. The van der Waals surface area contributed by atoms with Crippen molar-refractivity contribution in [3.63, 3.8) is 0 Å². The zero-order chi connectivity index (χ0) is 33.6. The van der Waals surface area contributed by atoms with E-state index in [1.54, 1.807) is 69.5 Å². The molecule has 2 fully saturated rings. The van der Waals surface area contributed by atoms with Crippen molar-refractivity contribution in [1.29, 1.82) is 0 Å². The molecule has 4 aromatic rings. The lowest BCUT2D eigenvalue weighted by atomic mass is 9.98. The lowest BCUT2D eigenvalue weighted by Gasteiger charge is -2.55. The molecule has 2 N–H and O–H groups in total. The number of amides is 4. The second kappa shape index (κ2) is 14.4. The molecule has 48 heavy (non-hydrogen) atoms. The third-order valence-corrected chi connectivity index (χ3v) is 8.61. The predicted molar refractivity (Wildman–Crippen MR) is 180 cm³/mol. The van der Waals surface area contributed by atoms with Crippen LogP contribution in [0, 0.1) is 0 Å². The van der Waals surface area contributed by atoms with Crippen molar-refractivity contribution in [3.8, 4) is 22.8 Å². The Kier molecular flexibility index (Phi) is 9.67. The van der Waals surface area contributed by atoms with Gasteiger partial charge in [-0.1, -0.05) is 66.7 Å². The number of fused-ring (bicyclic) bond motifs is 1. The van der Waals surface area contributed by atoms with Crippen LogP contribution < -0.4 is 10.1 Å². The number of hydrogen-bond donors (Lipinski definition) is 2. The molecule has 4 amide bonds. The molecule has 1 aromatic heterocycles. The van der Waals surface area contributed by atoms with Crippen LogP contribution in [0.1, 0.15) is 16.7 Å². The first kappa shape index (κ1) is 32.3. The quantitative estimate of drug-likeness (QED) is 0.248. The molecular weight excluding hydrogens is 608 g/mol. The van der Waals surface area contributed by atoms with Crippen molar-refractivity contribution in [2.75, 3.05) is 26.7 Å². The van der Waals surface area contributed by atoms with E-state index in [0.717, 1.165) is 27.8 Å². The van der Waals surface area contributed by atoms with Crippen LogP contribution >= 0.6 is 0 Å². The number of hydrazine groups is 1. The Morgan fingerprint density at radius 1 is 0.979 bits per heavy atom. The summed E-state index contributed by atoms with van der Waals surface area (Å²) in [5.41, 5.74) is 4.43. The van der Waals surface area contributed by atoms with Gasteiger partial charge in [0.2, 0.25) is 17.7 Å². The van der Waals surface area contributed by atoms with Gasteiger partial charge in [-0.25, -0.2) is 19.8 Å². The number of carbonyl (C=O) groups is 3. The summed E-state index contributed by atoms with van der Waals surface area (Å²) in [5, 5.41) is 16.1. The molecule has 2 unspecified atom stereocenters. The molecule has 0 radical (unpaired) electrons. The van der Waals surface area contributed by atoms with Crippen molar-refractivity contribution in [3.05, 3.63) is 127 Å². The third kappa shape index (κ3) is 7.01. The van der Waals surface area contributed by atoms with Crippen LogP contribution in [0.3, 0.4) is 0 Å². The van der Waals surface area contributed by atoms with Crippen molar-refractivity contribution in [1.82, 2.24) is 30.1 Å². The fourth-order valence-electron chi connectivity index (χ4n) is 6.29. The van der Waals surface area contributed by atoms with Crippen LogP contribution in [0.5, 0.6) is 11.6 Å². The molecule has 0 spiro atoms. The highest BCUT2D eigenvalue weighted by molar-refractivity contribution is 5.91. The molecule has 11 nitrogen and oxygen atoms in total. The highest BCUT2D eigenvalue weighted by Crippen LogP contribution is 2.30. The fourth-order valence-corrected chi connectivity index (χ4v) is 6.29. The number of nitrogens with zero attached hydrogens (tertiary/aromatic N) is 5. The Balaban J connectivity index is 1.33. The van der Waals surface area contributed by atoms with Gasteiger partial charge in [0.05, 0.1) is 20.2 Å². The van der Waals surface area contributed by atoms with Gasteiger partial charge in [-0.05, 0) is 46.5 Å². The van der Waals surface area contributed by atoms with Gasteiger partial charge >= 0.3 is 6.03 Å². The second-order valence-corrected chi connectivity index (χ2v) is 11.8. The van der Waals surface area contributed by atoms with E-state index >= 15 is 0 Å². The molecule has 246 valence electrons. The Bertz CT molecular complexity index is 1770. The van der Waals surface area contributed by atoms with Crippen LogP contribution in [0.15, 0.2) is 110 Å². The number of ether oxygens (including phenoxy) is 1.